The average Bonchev–Trinajstić information content (AvgIpc) is 2.13. The van der Waals surface area contributed by atoms with Gasteiger partial charge in [0.15, 0.2) is 0 Å². The van der Waals surface area contributed by atoms with E-state index in [1.54, 1.807) is 6.92 Å². The summed E-state index contributed by atoms with van der Waals surface area (Å²) in [5.41, 5.74) is -0.792. The second kappa shape index (κ2) is 6.89. The van der Waals surface area contributed by atoms with Crippen molar-refractivity contribution in [3.63, 3.8) is 0 Å². The van der Waals surface area contributed by atoms with E-state index in [4.69, 9.17) is 0 Å². The van der Waals surface area contributed by atoms with E-state index < -0.39 is 5.60 Å². The van der Waals surface area contributed by atoms with Gasteiger partial charge in [-0.05, 0) is 25.2 Å². The molecule has 0 aliphatic rings. The molecular weight excluding hydrogens is 202 g/mol. The van der Waals surface area contributed by atoms with E-state index in [2.05, 4.69) is 33.0 Å². The molecule has 1 amide bonds. The maximum absolute atomic E-state index is 11.5. The van der Waals surface area contributed by atoms with Crippen molar-refractivity contribution in [1.82, 2.24) is 5.32 Å². The summed E-state index contributed by atoms with van der Waals surface area (Å²) in [6.07, 6.45) is 2.26. The van der Waals surface area contributed by atoms with E-state index in [1.807, 2.05) is 0 Å². The number of carbonyl (C=O) groups excluding carboxylic acids is 1. The molecule has 3 nitrogen and oxygen atoms in total. The minimum atomic E-state index is -0.792. The molecule has 0 aromatic rings. The van der Waals surface area contributed by atoms with Gasteiger partial charge in [-0.3, -0.25) is 4.79 Å². The summed E-state index contributed by atoms with van der Waals surface area (Å²) in [5.74, 6) is 0.884. The second-order valence-electron chi connectivity index (χ2n) is 5.59. The van der Waals surface area contributed by atoms with E-state index >= 15 is 0 Å². The molecular formula is C13H27NO2. The molecule has 0 heterocycles. The Morgan fingerprint density at radius 3 is 2.38 bits per heavy atom. The minimum absolute atomic E-state index is 0.0402. The van der Waals surface area contributed by atoms with Crippen LogP contribution in [0.1, 0.15) is 53.9 Å². The van der Waals surface area contributed by atoms with E-state index in [1.165, 1.54) is 0 Å². The summed E-state index contributed by atoms with van der Waals surface area (Å²) in [7, 11) is 0. The Balaban J connectivity index is 3.90. The highest BCUT2D eigenvalue weighted by atomic mass is 16.3. The molecule has 0 saturated heterocycles. The highest BCUT2D eigenvalue weighted by molar-refractivity contribution is 5.76. The third-order valence-electron chi connectivity index (χ3n) is 2.75. The lowest BCUT2D eigenvalue weighted by molar-refractivity contribution is -0.123. The second-order valence-corrected chi connectivity index (χ2v) is 5.59. The fourth-order valence-electron chi connectivity index (χ4n) is 1.77. The molecule has 0 aliphatic heterocycles. The number of carbonyl (C=O) groups is 1. The minimum Gasteiger partial charge on any atom is -0.388 e. The standard InChI is InChI=1S/C13H27NO2/c1-6-11(4)7-12(15)14-9-13(5,16)8-10(2)3/h10-11,16H,6-9H2,1-5H3,(H,14,15). The van der Waals surface area contributed by atoms with Gasteiger partial charge >= 0.3 is 0 Å². The van der Waals surface area contributed by atoms with Crippen molar-refractivity contribution in [2.24, 2.45) is 11.8 Å². The number of nitrogens with one attached hydrogen (secondary N) is 1. The van der Waals surface area contributed by atoms with Gasteiger partial charge in [0, 0.05) is 13.0 Å². The van der Waals surface area contributed by atoms with Gasteiger partial charge in [-0.25, -0.2) is 0 Å². The van der Waals surface area contributed by atoms with Gasteiger partial charge in [0.1, 0.15) is 0 Å². The molecule has 3 heteroatoms. The molecule has 0 aromatic carbocycles. The Bertz CT molecular complexity index is 212. The summed E-state index contributed by atoms with van der Waals surface area (Å²) < 4.78 is 0. The highest BCUT2D eigenvalue weighted by Gasteiger charge is 2.22. The average molecular weight is 229 g/mol. The Morgan fingerprint density at radius 2 is 1.94 bits per heavy atom. The van der Waals surface area contributed by atoms with Crippen molar-refractivity contribution < 1.29 is 9.90 Å². The van der Waals surface area contributed by atoms with E-state index in [0.717, 1.165) is 6.42 Å². The quantitative estimate of drug-likeness (QED) is 0.704. The summed E-state index contributed by atoms with van der Waals surface area (Å²) in [6.45, 7) is 10.4. The Morgan fingerprint density at radius 1 is 1.38 bits per heavy atom. The molecule has 2 atom stereocenters. The molecule has 96 valence electrons. The van der Waals surface area contributed by atoms with Crippen LogP contribution < -0.4 is 5.32 Å². The molecule has 2 N–H and O–H groups in total. The largest absolute Gasteiger partial charge is 0.388 e. The van der Waals surface area contributed by atoms with Crippen molar-refractivity contribution in [2.75, 3.05) is 6.54 Å². The van der Waals surface area contributed by atoms with Crippen LogP contribution in [0.5, 0.6) is 0 Å². The Hall–Kier alpha value is -0.570. The highest BCUT2D eigenvalue weighted by Crippen LogP contribution is 2.15. The predicted octanol–water partition coefficient (Wildman–Crippen LogP) is 2.34. The molecule has 0 rings (SSSR count). The van der Waals surface area contributed by atoms with Crippen molar-refractivity contribution in [1.29, 1.82) is 0 Å². The van der Waals surface area contributed by atoms with Gasteiger partial charge in [0.25, 0.3) is 0 Å². The number of aliphatic hydroxyl groups is 1. The summed E-state index contributed by atoms with van der Waals surface area (Å²) in [4.78, 5) is 11.5. The zero-order chi connectivity index (χ0) is 12.8. The maximum atomic E-state index is 11.5. The van der Waals surface area contributed by atoms with Crippen LogP contribution in [-0.4, -0.2) is 23.2 Å². The fourth-order valence-corrected chi connectivity index (χ4v) is 1.77. The first-order chi connectivity index (χ1) is 7.26. The number of hydrogen-bond donors (Lipinski definition) is 2. The molecule has 0 fully saturated rings. The van der Waals surface area contributed by atoms with Crippen LogP contribution in [0.25, 0.3) is 0 Å². The molecule has 0 spiro atoms. The lowest BCUT2D eigenvalue weighted by atomic mass is 9.94. The van der Waals surface area contributed by atoms with Crippen LogP contribution in [-0.2, 0) is 4.79 Å². The topological polar surface area (TPSA) is 49.3 Å². The molecule has 16 heavy (non-hydrogen) atoms. The van der Waals surface area contributed by atoms with Gasteiger partial charge in [0.05, 0.1) is 5.60 Å². The zero-order valence-electron chi connectivity index (χ0n) is 11.3. The number of rotatable bonds is 7. The lowest BCUT2D eigenvalue weighted by Gasteiger charge is -2.25. The van der Waals surface area contributed by atoms with Crippen molar-refractivity contribution >= 4 is 5.91 Å². The van der Waals surface area contributed by atoms with E-state index in [-0.39, 0.29) is 5.91 Å². The molecule has 0 aromatic heterocycles. The van der Waals surface area contributed by atoms with Crippen molar-refractivity contribution in [3.8, 4) is 0 Å². The molecule has 2 unspecified atom stereocenters. The number of hydrogen-bond acceptors (Lipinski definition) is 2. The first-order valence-corrected chi connectivity index (χ1v) is 6.26. The van der Waals surface area contributed by atoms with Crippen LogP contribution in [0.4, 0.5) is 0 Å². The normalized spacial score (nSPS) is 16.9. The number of amides is 1. The molecule has 0 bridgehead atoms. The monoisotopic (exact) mass is 229 g/mol. The molecule has 0 saturated carbocycles. The van der Waals surface area contributed by atoms with E-state index in [0.29, 0.717) is 31.2 Å². The van der Waals surface area contributed by atoms with Gasteiger partial charge in [-0.1, -0.05) is 34.1 Å². The third-order valence-corrected chi connectivity index (χ3v) is 2.75. The first-order valence-electron chi connectivity index (χ1n) is 6.26. The third kappa shape index (κ3) is 7.69. The van der Waals surface area contributed by atoms with Crippen LogP contribution in [0, 0.1) is 11.8 Å². The summed E-state index contributed by atoms with van der Waals surface area (Å²) in [5, 5.41) is 12.8. The van der Waals surface area contributed by atoms with E-state index in [9.17, 15) is 9.90 Å². The van der Waals surface area contributed by atoms with Crippen LogP contribution in [0.3, 0.4) is 0 Å². The SMILES string of the molecule is CCC(C)CC(=O)NCC(C)(O)CC(C)C. The van der Waals surface area contributed by atoms with Crippen molar-refractivity contribution in [2.45, 2.75) is 59.5 Å². The first kappa shape index (κ1) is 15.4. The fraction of sp³-hybridized carbons (Fsp3) is 0.923. The van der Waals surface area contributed by atoms with Crippen molar-refractivity contribution in [3.05, 3.63) is 0 Å². The van der Waals surface area contributed by atoms with Gasteiger partial charge in [-0.15, -0.1) is 0 Å². The molecule has 0 aliphatic carbocycles. The smallest absolute Gasteiger partial charge is 0.220 e. The van der Waals surface area contributed by atoms with Gasteiger partial charge in [0.2, 0.25) is 5.91 Å². The van der Waals surface area contributed by atoms with Gasteiger partial charge < -0.3 is 10.4 Å². The summed E-state index contributed by atoms with van der Waals surface area (Å²) in [6, 6.07) is 0. The van der Waals surface area contributed by atoms with Crippen LogP contribution in [0.2, 0.25) is 0 Å². The zero-order valence-corrected chi connectivity index (χ0v) is 11.3. The predicted molar refractivity (Wildman–Crippen MR) is 67.2 cm³/mol. The lowest BCUT2D eigenvalue weighted by Crippen LogP contribution is -2.41. The molecule has 0 radical (unpaired) electrons. The maximum Gasteiger partial charge on any atom is 0.220 e. The van der Waals surface area contributed by atoms with Crippen LogP contribution >= 0.6 is 0 Å². The Labute approximate surface area is 99.6 Å². The van der Waals surface area contributed by atoms with Crippen LogP contribution in [0.15, 0.2) is 0 Å². The van der Waals surface area contributed by atoms with Gasteiger partial charge in [-0.2, -0.15) is 0 Å². The Kier molecular flexibility index (Phi) is 6.65. The summed E-state index contributed by atoms with van der Waals surface area (Å²) >= 11 is 0.